The van der Waals surface area contributed by atoms with Gasteiger partial charge in [0.15, 0.2) is 0 Å². The van der Waals surface area contributed by atoms with E-state index in [1.54, 1.807) is 7.11 Å². The largest absolute Gasteiger partial charge is 0.480 e. The summed E-state index contributed by atoms with van der Waals surface area (Å²) in [5.74, 6) is 1.60. The van der Waals surface area contributed by atoms with Crippen LogP contribution in [0, 0.1) is 0 Å². The molecule has 0 unspecified atom stereocenters. The van der Waals surface area contributed by atoms with Crippen LogP contribution in [0.25, 0.3) is 21.9 Å². The van der Waals surface area contributed by atoms with Crippen LogP contribution in [0.5, 0.6) is 5.88 Å². The van der Waals surface area contributed by atoms with Gasteiger partial charge in [-0.25, -0.2) is 0 Å². The number of rotatable bonds is 2. The van der Waals surface area contributed by atoms with Gasteiger partial charge in [-0.1, -0.05) is 6.92 Å². The van der Waals surface area contributed by atoms with Gasteiger partial charge in [-0.05, 0) is 18.2 Å². The fraction of sp³-hybridized carbons (Fsp3) is 0.250. The Balaban J connectivity index is 2.40. The minimum absolute atomic E-state index is 0.621. The number of nitrogens with one attached hydrogen (secondary N) is 1. The topological polar surface area (TPSA) is 51.0 Å². The first-order valence-corrected chi connectivity index (χ1v) is 5.27. The third-order valence-corrected chi connectivity index (χ3v) is 2.79. The van der Waals surface area contributed by atoms with Gasteiger partial charge in [0, 0.05) is 11.8 Å². The number of methoxy groups -OCH3 is 1. The third kappa shape index (κ3) is 1.13. The lowest BCUT2D eigenvalue weighted by Crippen LogP contribution is -1.81. The molecule has 1 aromatic carbocycles. The molecule has 0 fully saturated rings. The van der Waals surface area contributed by atoms with E-state index < -0.39 is 0 Å². The fourth-order valence-corrected chi connectivity index (χ4v) is 1.96. The number of H-pyrrole nitrogens is 1. The minimum Gasteiger partial charge on any atom is -0.480 e. The maximum Gasteiger partial charge on any atom is 0.240 e. The Morgan fingerprint density at radius 1 is 1.38 bits per heavy atom. The van der Waals surface area contributed by atoms with Crippen molar-refractivity contribution < 1.29 is 9.15 Å². The summed E-state index contributed by atoms with van der Waals surface area (Å²) in [4.78, 5) is 0. The first-order chi connectivity index (χ1) is 7.83. The van der Waals surface area contributed by atoms with E-state index in [1.807, 2.05) is 12.1 Å². The molecule has 0 aliphatic rings. The van der Waals surface area contributed by atoms with Gasteiger partial charge < -0.3 is 9.15 Å². The van der Waals surface area contributed by atoms with E-state index in [9.17, 15) is 0 Å². The predicted molar refractivity (Wildman–Crippen MR) is 61.8 cm³/mol. The number of aromatic nitrogens is 2. The predicted octanol–water partition coefficient (Wildman–Crippen LogP) is 2.88. The summed E-state index contributed by atoms with van der Waals surface area (Å²) in [7, 11) is 1.62. The Labute approximate surface area is 92.2 Å². The lowest BCUT2D eigenvalue weighted by Gasteiger charge is -1.93. The van der Waals surface area contributed by atoms with Crippen molar-refractivity contribution in [2.75, 3.05) is 7.11 Å². The zero-order chi connectivity index (χ0) is 11.1. The van der Waals surface area contributed by atoms with Crippen molar-refractivity contribution in [2.24, 2.45) is 0 Å². The molecule has 16 heavy (non-hydrogen) atoms. The summed E-state index contributed by atoms with van der Waals surface area (Å²) < 4.78 is 10.9. The summed E-state index contributed by atoms with van der Waals surface area (Å²) in [6.45, 7) is 2.07. The number of benzene rings is 1. The second kappa shape index (κ2) is 3.27. The fourth-order valence-electron chi connectivity index (χ4n) is 1.96. The molecule has 1 N–H and O–H groups in total. The molecular weight excluding hydrogens is 204 g/mol. The number of hydrogen-bond donors (Lipinski definition) is 1. The molecule has 3 rings (SSSR count). The van der Waals surface area contributed by atoms with Gasteiger partial charge in [-0.3, -0.25) is 5.10 Å². The summed E-state index contributed by atoms with van der Waals surface area (Å²) >= 11 is 0. The summed E-state index contributed by atoms with van der Waals surface area (Å²) in [6, 6.07) is 5.97. The Morgan fingerprint density at radius 3 is 3.00 bits per heavy atom. The Kier molecular flexibility index (Phi) is 1.89. The molecule has 0 saturated heterocycles. The van der Waals surface area contributed by atoms with Crippen molar-refractivity contribution in [3.63, 3.8) is 0 Å². The van der Waals surface area contributed by atoms with Gasteiger partial charge in [0.1, 0.15) is 11.3 Å². The van der Waals surface area contributed by atoms with Crippen LogP contribution in [0.3, 0.4) is 0 Å². The molecule has 0 aliphatic carbocycles. The van der Waals surface area contributed by atoms with Crippen LogP contribution in [0.4, 0.5) is 0 Å². The van der Waals surface area contributed by atoms with E-state index in [4.69, 9.17) is 9.15 Å². The maximum atomic E-state index is 5.68. The van der Waals surface area contributed by atoms with Gasteiger partial charge in [-0.15, -0.1) is 5.10 Å². The number of aromatic amines is 1. The monoisotopic (exact) mass is 216 g/mol. The highest BCUT2D eigenvalue weighted by atomic mass is 16.5. The smallest absolute Gasteiger partial charge is 0.240 e. The van der Waals surface area contributed by atoms with Crippen molar-refractivity contribution in [2.45, 2.75) is 13.3 Å². The maximum absolute atomic E-state index is 5.68. The van der Waals surface area contributed by atoms with Crippen molar-refractivity contribution in [1.29, 1.82) is 0 Å². The molecule has 0 radical (unpaired) electrons. The van der Waals surface area contributed by atoms with Crippen molar-refractivity contribution in [3.8, 4) is 5.88 Å². The number of ether oxygens (including phenoxy) is 1. The minimum atomic E-state index is 0.621. The number of aryl methyl sites for hydroxylation is 1. The Morgan fingerprint density at radius 2 is 2.25 bits per heavy atom. The molecule has 4 nitrogen and oxygen atoms in total. The second-order valence-corrected chi connectivity index (χ2v) is 3.70. The molecular formula is C12H12N2O2. The number of hydrogen-bond acceptors (Lipinski definition) is 3. The molecule has 4 heteroatoms. The molecule has 0 bridgehead atoms. The lowest BCUT2D eigenvalue weighted by molar-refractivity contribution is 0.401. The SMILES string of the molecule is CCc1cc2c(ccc3c(OC)n[nH]c32)o1. The Hall–Kier alpha value is -1.97. The van der Waals surface area contributed by atoms with Crippen LogP contribution < -0.4 is 4.74 Å². The number of nitrogens with zero attached hydrogens (tertiary/aromatic N) is 1. The molecule has 0 amide bonds. The first kappa shape index (κ1) is 9.27. The average Bonchev–Trinajstić information content (AvgIpc) is 2.91. The zero-order valence-electron chi connectivity index (χ0n) is 9.20. The molecule has 0 spiro atoms. The van der Waals surface area contributed by atoms with Crippen molar-refractivity contribution in [3.05, 3.63) is 24.0 Å². The molecule has 0 aliphatic heterocycles. The van der Waals surface area contributed by atoms with Gasteiger partial charge in [-0.2, -0.15) is 0 Å². The standard InChI is InChI=1S/C12H12N2O2/c1-3-7-6-9-10(16-7)5-4-8-11(9)13-14-12(8)15-2/h4-6H,3H2,1-2H3,(H,13,14). The van der Waals surface area contributed by atoms with Gasteiger partial charge in [0.05, 0.1) is 18.0 Å². The van der Waals surface area contributed by atoms with E-state index in [2.05, 4.69) is 23.2 Å². The second-order valence-electron chi connectivity index (χ2n) is 3.70. The molecule has 0 saturated carbocycles. The molecule has 3 aromatic rings. The van der Waals surface area contributed by atoms with E-state index in [0.29, 0.717) is 5.88 Å². The van der Waals surface area contributed by atoms with Gasteiger partial charge in [0.2, 0.25) is 5.88 Å². The summed E-state index contributed by atoms with van der Waals surface area (Å²) in [5.41, 5.74) is 1.86. The van der Waals surface area contributed by atoms with Crippen LogP contribution in [-0.2, 0) is 6.42 Å². The summed E-state index contributed by atoms with van der Waals surface area (Å²) in [5, 5.41) is 9.14. The number of fused-ring (bicyclic) bond motifs is 3. The van der Waals surface area contributed by atoms with Crippen LogP contribution in [0.15, 0.2) is 22.6 Å². The third-order valence-electron chi connectivity index (χ3n) is 2.79. The number of furan rings is 1. The highest BCUT2D eigenvalue weighted by molar-refractivity contribution is 6.05. The van der Waals surface area contributed by atoms with Crippen molar-refractivity contribution >= 4 is 21.9 Å². The van der Waals surface area contributed by atoms with E-state index in [1.165, 1.54) is 0 Å². The Bertz CT molecular complexity index is 651. The van der Waals surface area contributed by atoms with Crippen molar-refractivity contribution in [1.82, 2.24) is 10.2 Å². The zero-order valence-corrected chi connectivity index (χ0v) is 9.20. The van der Waals surface area contributed by atoms with Crippen LogP contribution in [-0.4, -0.2) is 17.3 Å². The average molecular weight is 216 g/mol. The molecule has 82 valence electrons. The quantitative estimate of drug-likeness (QED) is 0.716. The highest BCUT2D eigenvalue weighted by Gasteiger charge is 2.11. The van der Waals surface area contributed by atoms with Gasteiger partial charge >= 0.3 is 0 Å². The van der Waals surface area contributed by atoms with Crippen LogP contribution >= 0.6 is 0 Å². The van der Waals surface area contributed by atoms with Gasteiger partial charge in [0.25, 0.3) is 0 Å². The van der Waals surface area contributed by atoms with E-state index in [0.717, 1.165) is 34.1 Å². The van der Waals surface area contributed by atoms with E-state index in [-0.39, 0.29) is 0 Å². The van der Waals surface area contributed by atoms with Crippen LogP contribution in [0.2, 0.25) is 0 Å². The molecule has 2 heterocycles. The molecule has 2 aromatic heterocycles. The highest BCUT2D eigenvalue weighted by Crippen LogP contribution is 2.31. The first-order valence-electron chi connectivity index (χ1n) is 5.27. The normalized spacial score (nSPS) is 11.4. The van der Waals surface area contributed by atoms with E-state index >= 15 is 0 Å². The van der Waals surface area contributed by atoms with Crippen LogP contribution in [0.1, 0.15) is 12.7 Å². The lowest BCUT2D eigenvalue weighted by atomic mass is 10.2. The molecule has 0 atom stereocenters. The summed E-state index contributed by atoms with van der Waals surface area (Å²) in [6.07, 6.45) is 0.890.